The second-order valence-corrected chi connectivity index (χ2v) is 5.51. The summed E-state index contributed by atoms with van der Waals surface area (Å²) in [4.78, 5) is 11.1. The van der Waals surface area contributed by atoms with Crippen LogP contribution in [0.1, 0.15) is 30.5 Å². The van der Waals surface area contributed by atoms with Crippen molar-refractivity contribution in [1.82, 2.24) is 9.97 Å². The minimum atomic E-state index is -0.389. The third-order valence-electron chi connectivity index (χ3n) is 4.16. The summed E-state index contributed by atoms with van der Waals surface area (Å²) < 4.78 is 5.55. The Kier molecular flexibility index (Phi) is 4.19. The van der Waals surface area contributed by atoms with Gasteiger partial charge < -0.3 is 20.6 Å². The van der Waals surface area contributed by atoms with Gasteiger partial charge in [-0.3, -0.25) is 0 Å². The molecule has 21 heavy (non-hydrogen) atoms. The molecule has 1 aromatic heterocycles. The lowest BCUT2D eigenvalue weighted by Gasteiger charge is -2.34. The Bertz CT molecular complexity index is 534. The van der Waals surface area contributed by atoms with Crippen molar-refractivity contribution in [2.24, 2.45) is 10.9 Å². The number of nitrogens with two attached hydrogens (primary N) is 1. The molecule has 0 amide bonds. The number of nitrogens with zero attached hydrogens (tertiary/aromatic N) is 4. The second kappa shape index (κ2) is 6.26. The Morgan fingerprint density at radius 1 is 1.33 bits per heavy atom. The van der Waals surface area contributed by atoms with E-state index in [-0.39, 0.29) is 11.9 Å². The summed E-state index contributed by atoms with van der Waals surface area (Å²) in [5, 5.41) is 11.9. The number of rotatable bonds is 2. The van der Waals surface area contributed by atoms with Crippen molar-refractivity contribution in [2.75, 3.05) is 24.6 Å². The van der Waals surface area contributed by atoms with Gasteiger partial charge in [0.1, 0.15) is 18.2 Å². The van der Waals surface area contributed by atoms with Gasteiger partial charge in [-0.25, -0.2) is 9.97 Å². The van der Waals surface area contributed by atoms with Crippen LogP contribution < -0.4 is 10.6 Å². The summed E-state index contributed by atoms with van der Waals surface area (Å²) >= 11 is 0. The van der Waals surface area contributed by atoms with Gasteiger partial charge in [-0.05, 0) is 25.7 Å². The fourth-order valence-corrected chi connectivity index (χ4v) is 3.04. The number of aryl methyl sites for hydroxylation is 1. The minimum Gasteiger partial charge on any atom is -0.409 e. The molecule has 2 aliphatic rings. The zero-order valence-electron chi connectivity index (χ0n) is 12.0. The molecule has 1 aliphatic carbocycles. The number of ether oxygens (including phenoxy) is 1. The van der Waals surface area contributed by atoms with Crippen molar-refractivity contribution in [3.8, 4) is 0 Å². The molecule has 2 heterocycles. The van der Waals surface area contributed by atoms with E-state index < -0.39 is 0 Å². The maximum absolute atomic E-state index is 8.81. The van der Waals surface area contributed by atoms with Crippen LogP contribution >= 0.6 is 0 Å². The van der Waals surface area contributed by atoms with Crippen molar-refractivity contribution in [3.63, 3.8) is 0 Å². The molecule has 1 saturated heterocycles. The average Bonchev–Trinajstić information content (AvgIpc) is 2.79. The van der Waals surface area contributed by atoms with Gasteiger partial charge >= 0.3 is 0 Å². The van der Waals surface area contributed by atoms with Gasteiger partial charge in [0.25, 0.3) is 0 Å². The number of fused-ring (bicyclic) bond motifs is 1. The summed E-state index contributed by atoms with van der Waals surface area (Å²) in [5.41, 5.74) is 8.10. The SMILES string of the molecule is NC(=NO)C1CN(c2ncnc3c2CCCCC3)CCO1. The molecule has 0 spiro atoms. The van der Waals surface area contributed by atoms with E-state index in [0.29, 0.717) is 13.2 Å². The number of hydrogen-bond donors (Lipinski definition) is 2. The molecule has 7 heteroatoms. The van der Waals surface area contributed by atoms with Gasteiger partial charge in [0, 0.05) is 17.8 Å². The predicted octanol–water partition coefficient (Wildman–Crippen LogP) is 0.697. The van der Waals surface area contributed by atoms with E-state index in [0.717, 1.165) is 25.2 Å². The lowest BCUT2D eigenvalue weighted by Crippen LogP contribution is -2.49. The second-order valence-electron chi connectivity index (χ2n) is 5.51. The van der Waals surface area contributed by atoms with Crippen LogP contribution in [0.25, 0.3) is 0 Å². The third-order valence-corrected chi connectivity index (χ3v) is 4.16. The Hall–Kier alpha value is -1.89. The fourth-order valence-electron chi connectivity index (χ4n) is 3.04. The van der Waals surface area contributed by atoms with E-state index in [1.54, 1.807) is 6.33 Å². The van der Waals surface area contributed by atoms with Crippen LogP contribution in [0, 0.1) is 0 Å². The lowest BCUT2D eigenvalue weighted by molar-refractivity contribution is 0.0803. The van der Waals surface area contributed by atoms with Crippen molar-refractivity contribution in [3.05, 3.63) is 17.6 Å². The zero-order valence-corrected chi connectivity index (χ0v) is 12.0. The Morgan fingerprint density at radius 2 is 2.19 bits per heavy atom. The summed E-state index contributed by atoms with van der Waals surface area (Å²) in [6.45, 7) is 1.86. The van der Waals surface area contributed by atoms with Gasteiger partial charge in [-0.2, -0.15) is 0 Å². The number of amidine groups is 1. The molecule has 1 aromatic rings. The Morgan fingerprint density at radius 3 is 3.05 bits per heavy atom. The largest absolute Gasteiger partial charge is 0.409 e. The molecule has 1 fully saturated rings. The first kappa shape index (κ1) is 14.1. The smallest absolute Gasteiger partial charge is 0.170 e. The minimum absolute atomic E-state index is 0.111. The molecule has 1 aliphatic heterocycles. The summed E-state index contributed by atoms with van der Waals surface area (Å²) in [7, 11) is 0. The first-order valence-electron chi connectivity index (χ1n) is 7.46. The number of oxime groups is 1. The molecule has 7 nitrogen and oxygen atoms in total. The summed E-state index contributed by atoms with van der Waals surface area (Å²) in [5.74, 6) is 1.10. The number of aromatic nitrogens is 2. The number of hydrogen-bond acceptors (Lipinski definition) is 6. The van der Waals surface area contributed by atoms with Gasteiger partial charge in [0.05, 0.1) is 13.2 Å². The van der Waals surface area contributed by atoms with Gasteiger partial charge in [-0.15, -0.1) is 0 Å². The van der Waals surface area contributed by atoms with Crippen LogP contribution in [-0.2, 0) is 17.6 Å². The zero-order chi connectivity index (χ0) is 14.7. The summed E-state index contributed by atoms with van der Waals surface area (Å²) in [6.07, 6.45) is 6.93. The maximum Gasteiger partial charge on any atom is 0.170 e. The number of anilines is 1. The Labute approximate surface area is 123 Å². The predicted molar refractivity (Wildman–Crippen MR) is 78.7 cm³/mol. The van der Waals surface area contributed by atoms with Crippen molar-refractivity contribution in [2.45, 2.75) is 38.2 Å². The molecule has 3 rings (SSSR count). The molecule has 0 aromatic carbocycles. The van der Waals surface area contributed by atoms with Gasteiger partial charge in [0.15, 0.2) is 5.84 Å². The molecule has 3 N–H and O–H groups in total. The normalized spacial score (nSPS) is 23.5. The molecule has 0 radical (unpaired) electrons. The van der Waals surface area contributed by atoms with E-state index in [1.165, 1.54) is 30.5 Å². The molecule has 0 saturated carbocycles. The van der Waals surface area contributed by atoms with E-state index >= 15 is 0 Å². The fraction of sp³-hybridized carbons (Fsp3) is 0.643. The highest BCUT2D eigenvalue weighted by molar-refractivity contribution is 5.85. The van der Waals surface area contributed by atoms with Crippen LogP contribution in [0.2, 0.25) is 0 Å². The molecule has 1 unspecified atom stereocenters. The highest BCUT2D eigenvalue weighted by atomic mass is 16.5. The standard InChI is InChI=1S/C14H21N5O2/c15-13(18-20)12-8-19(6-7-21-12)14-10-4-2-1-3-5-11(10)16-9-17-14/h9,12,20H,1-8H2,(H2,15,18). The molecular weight excluding hydrogens is 270 g/mol. The maximum atomic E-state index is 8.81. The highest BCUT2D eigenvalue weighted by Gasteiger charge is 2.27. The Balaban J connectivity index is 1.86. The van der Waals surface area contributed by atoms with Gasteiger partial charge in [-0.1, -0.05) is 11.6 Å². The highest BCUT2D eigenvalue weighted by Crippen LogP contribution is 2.27. The molecular formula is C14H21N5O2. The lowest BCUT2D eigenvalue weighted by atomic mass is 10.1. The summed E-state index contributed by atoms with van der Waals surface area (Å²) in [6, 6.07) is 0. The van der Waals surface area contributed by atoms with E-state index in [1.807, 2.05) is 0 Å². The van der Waals surface area contributed by atoms with Crippen LogP contribution in [0.3, 0.4) is 0 Å². The molecule has 0 bridgehead atoms. The van der Waals surface area contributed by atoms with E-state index in [2.05, 4.69) is 20.0 Å². The van der Waals surface area contributed by atoms with Crippen LogP contribution in [0.4, 0.5) is 5.82 Å². The van der Waals surface area contributed by atoms with E-state index in [9.17, 15) is 0 Å². The van der Waals surface area contributed by atoms with Crippen molar-refractivity contribution >= 4 is 11.7 Å². The third kappa shape index (κ3) is 2.92. The van der Waals surface area contributed by atoms with Crippen LogP contribution in [0.15, 0.2) is 11.5 Å². The van der Waals surface area contributed by atoms with E-state index in [4.69, 9.17) is 15.7 Å². The number of morpholine rings is 1. The van der Waals surface area contributed by atoms with Crippen molar-refractivity contribution < 1.29 is 9.94 Å². The molecule has 1 atom stereocenters. The van der Waals surface area contributed by atoms with Crippen LogP contribution in [-0.4, -0.2) is 46.8 Å². The quantitative estimate of drug-likeness (QED) is 0.274. The average molecular weight is 291 g/mol. The topological polar surface area (TPSA) is 96.9 Å². The first-order chi connectivity index (χ1) is 10.3. The van der Waals surface area contributed by atoms with Crippen molar-refractivity contribution in [1.29, 1.82) is 0 Å². The first-order valence-corrected chi connectivity index (χ1v) is 7.46. The van der Waals surface area contributed by atoms with Crippen LogP contribution in [0.5, 0.6) is 0 Å². The molecule has 114 valence electrons. The van der Waals surface area contributed by atoms with Gasteiger partial charge in [0.2, 0.25) is 0 Å². The monoisotopic (exact) mass is 291 g/mol.